The van der Waals surface area contributed by atoms with Crippen LogP contribution in [0.2, 0.25) is 0 Å². The number of rotatable bonds is 4. The van der Waals surface area contributed by atoms with Crippen LogP contribution in [-0.4, -0.2) is 57.2 Å². The number of hydrogen-bond donors (Lipinski definition) is 1. The van der Waals surface area contributed by atoms with Gasteiger partial charge in [-0.05, 0) is 44.7 Å². The molecule has 1 aromatic carbocycles. The van der Waals surface area contributed by atoms with E-state index in [2.05, 4.69) is 15.4 Å². The standard InChI is InChI=1S/C21H27N5O3/c1-15(26-14-22-13-24-26)11-23-19(27)16-7-9-21(10-8-16)12-25(2)20(28)17-5-3-4-6-18(17)29-21/h3-6,13-16H,7-12H2,1-2H3,(H,23,27). The number of carbonyl (C=O) groups is 2. The zero-order valence-electron chi connectivity index (χ0n) is 16.9. The third-order valence-corrected chi connectivity index (χ3v) is 6.04. The highest BCUT2D eigenvalue weighted by Gasteiger charge is 2.43. The van der Waals surface area contributed by atoms with E-state index in [-0.39, 0.29) is 23.8 Å². The molecular formula is C21H27N5O3. The number of nitrogens with zero attached hydrogens (tertiary/aromatic N) is 4. The smallest absolute Gasteiger partial charge is 0.257 e. The van der Waals surface area contributed by atoms with Crippen molar-refractivity contribution < 1.29 is 14.3 Å². The van der Waals surface area contributed by atoms with Crippen LogP contribution in [0.1, 0.15) is 49.0 Å². The average Bonchev–Trinajstić information content (AvgIpc) is 3.24. The number of nitrogens with one attached hydrogen (secondary N) is 1. The number of fused-ring (bicyclic) bond motifs is 1. The highest BCUT2D eigenvalue weighted by Crippen LogP contribution is 2.39. The molecule has 8 heteroatoms. The Kier molecular flexibility index (Phi) is 5.25. The highest BCUT2D eigenvalue weighted by atomic mass is 16.5. The van der Waals surface area contributed by atoms with Crippen molar-refractivity contribution in [2.75, 3.05) is 20.1 Å². The van der Waals surface area contributed by atoms with Gasteiger partial charge in [-0.3, -0.25) is 9.59 Å². The van der Waals surface area contributed by atoms with Gasteiger partial charge in [0.25, 0.3) is 5.91 Å². The minimum Gasteiger partial charge on any atom is -0.485 e. The number of hydrogen-bond acceptors (Lipinski definition) is 5. The molecule has 29 heavy (non-hydrogen) atoms. The van der Waals surface area contributed by atoms with Crippen molar-refractivity contribution in [3.63, 3.8) is 0 Å². The zero-order valence-corrected chi connectivity index (χ0v) is 16.9. The quantitative estimate of drug-likeness (QED) is 0.853. The molecule has 8 nitrogen and oxygen atoms in total. The Morgan fingerprint density at radius 2 is 2.10 bits per heavy atom. The summed E-state index contributed by atoms with van der Waals surface area (Å²) in [5.74, 6) is 0.669. The Morgan fingerprint density at radius 1 is 1.34 bits per heavy atom. The second-order valence-corrected chi connectivity index (χ2v) is 8.19. The fraction of sp³-hybridized carbons (Fsp3) is 0.524. The molecule has 1 atom stereocenters. The van der Waals surface area contributed by atoms with E-state index < -0.39 is 5.60 Å². The monoisotopic (exact) mass is 397 g/mol. The van der Waals surface area contributed by atoms with Gasteiger partial charge < -0.3 is 15.0 Å². The van der Waals surface area contributed by atoms with E-state index in [4.69, 9.17) is 4.74 Å². The van der Waals surface area contributed by atoms with Crippen LogP contribution >= 0.6 is 0 Å². The minimum absolute atomic E-state index is 0.0144. The third-order valence-electron chi connectivity index (χ3n) is 6.04. The summed E-state index contributed by atoms with van der Waals surface area (Å²) in [6.45, 7) is 3.05. The number of likely N-dealkylation sites (N-methyl/N-ethyl adjacent to an activating group) is 1. The van der Waals surface area contributed by atoms with Crippen LogP contribution in [0.3, 0.4) is 0 Å². The Hall–Kier alpha value is -2.90. The van der Waals surface area contributed by atoms with E-state index in [1.807, 2.05) is 38.2 Å². The summed E-state index contributed by atoms with van der Waals surface area (Å²) in [4.78, 5) is 31.0. The second kappa shape index (κ2) is 7.85. The van der Waals surface area contributed by atoms with E-state index in [0.29, 0.717) is 24.4 Å². The lowest BCUT2D eigenvalue weighted by molar-refractivity contribution is -0.127. The Morgan fingerprint density at radius 3 is 2.83 bits per heavy atom. The molecule has 1 aliphatic carbocycles. The molecule has 1 N–H and O–H groups in total. The van der Waals surface area contributed by atoms with Crippen molar-refractivity contribution in [2.24, 2.45) is 5.92 Å². The number of benzene rings is 1. The summed E-state index contributed by atoms with van der Waals surface area (Å²) in [5, 5.41) is 7.15. The lowest BCUT2D eigenvalue weighted by Gasteiger charge is -2.40. The maximum absolute atomic E-state index is 12.7. The van der Waals surface area contributed by atoms with E-state index in [0.717, 1.165) is 25.7 Å². The van der Waals surface area contributed by atoms with Crippen LogP contribution in [0.15, 0.2) is 36.9 Å². The zero-order chi connectivity index (χ0) is 20.4. The van der Waals surface area contributed by atoms with Crippen molar-refractivity contribution in [2.45, 2.75) is 44.2 Å². The normalized spacial score (nSPS) is 25.1. The van der Waals surface area contributed by atoms with Gasteiger partial charge in [-0.15, -0.1) is 0 Å². The molecule has 2 aromatic rings. The van der Waals surface area contributed by atoms with Crippen molar-refractivity contribution in [1.82, 2.24) is 25.0 Å². The molecule has 4 rings (SSSR count). The van der Waals surface area contributed by atoms with E-state index >= 15 is 0 Å². The van der Waals surface area contributed by atoms with Gasteiger partial charge in [0.05, 0.1) is 18.2 Å². The minimum atomic E-state index is -0.429. The molecule has 1 aliphatic heterocycles. The summed E-state index contributed by atoms with van der Waals surface area (Å²) in [7, 11) is 1.82. The third kappa shape index (κ3) is 3.97. The molecule has 0 radical (unpaired) electrons. The molecule has 2 heterocycles. The first-order chi connectivity index (χ1) is 14.0. The molecule has 2 aliphatic rings. The van der Waals surface area contributed by atoms with E-state index in [1.54, 1.807) is 15.9 Å². The van der Waals surface area contributed by atoms with Gasteiger partial charge in [0.15, 0.2) is 0 Å². The maximum atomic E-state index is 12.7. The Bertz CT molecular complexity index is 874. The van der Waals surface area contributed by atoms with E-state index in [9.17, 15) is 9.59 Å². The molecule has 1 spiro atoms. The van der Waals surface area contributed by atoms with Crippen molar-refractivity contribution in [3.05, 3.63) is 42.5 Å². The first kappa shape index (κ1) is 19.4. The van der Waals surface area contributed by atoms with Gasteiger partial charge in [0, 0.05) is 19.5 Å². The topological polar surface area (TPSA) is 89.4 Å². The summed E-state index contributed by atoms with van der Waals surface area (Å²) in [5.41, 5.74) is 0.177. The first-order valence-corrected chi connectivity index (χ1v) is 10.1. The summed E-state index contributed by atoms with van der Waals surface area (Å²) < 4.78 is 8.12. The van der Waals surface area contributed by atoms with Crippen LogP contribution in [0.25, 0.3) is 0 Å². The lowest BCUT2D eigenvalue weighted by atomic mass is 9.78. The predicted molar refractivity (Wildman–Crippen MR) is 106 cm³/mol. The average molecular weight is 397 g/mol. The molecule has 0 saturated heterocycles. The SMILES string of the molecule is CC(CNC(=O)C1CCC2(CC1)CN(C)C(=O)c1ccccc1O2)n1cncn1. The van der Waals surface area contributed by atoms with Crippen molar-refractivity contribution in [1.29, 1.82) is 0 Å². The van der Waals surface area contributed by atoms with Gasteiger partial charge in [-0.25, -0.2) is 9.67 Å². The van der Waals surface area contributed by atoms with Gasteiger partial charge in [-0.1, -0.05) is 12.1 Å². The van der Waals surface area contributed by atoms with Gasteiger partial charge in [0.1, 0.15) is 24.0 Å². The summed E-state index contributed by atoms with van der Waals surface area (Å²) in [6, 6.07) is 7.47. The van der Waals surface area contributed by atoms with Crippen molar-refractivity contribution in [3.8, 4) is 5.75 Å². The van der Waals surface area contributed by atoms with Crippen LogP contribution in [0.4, 0.5) is 0 Å². The van der Waals surface area contributed by atoms with E-state index in [1.165, 1.54) is 6.33 Å². The number of carbonyl (C=O) groups excluding carboxylic acids is 2. The number of para-hydroxylation sites is 1. The van der Waals surface area contributed by atoms with Gasteiger partial charge in [-0.2, -0.15) is 5.10 Å². The summed E-state index contributed by atoms with van der Waals surface area (Å²) in [6.07, 6.45) is 6.12. The van der Waals surface area contributed by atoms with Crippen LogP contribution in [0, 0.1) is 5.92 Å². The fourth-order valence-corrected chi connectivity index (χ4v) is 4.30. The number of aromatic nitrogens is 3. The maximum Gasteiger partial charge on any atom is 0.257 e. The molecule has 1 fully saturated rings. The number of amides is 2. The van der Waals surface area contributed by atoms with Crippen LogP contribution in [0.5, 0.6) is 5.75 Å². The van der Waals surface area contributed by atoms with Gasteiger partial charge in [0.2, 0.25) is 5.91 Å². The highest BCUT2D eigenvalue weighted by molar-refractivity contribution is 5.97. The molecule has 1 aromatic heterocycles. The molecule has 2 amide bonds. The second-order valence-electron chi connectivity index (χ2n) is 8.19. The van der Waals surface area contributed by atoms with Crippen molar-refractivity contribution >= 4 is 11.8 Å². The molecule has 1 saturated carbocycles. The predicted octanol–water partition coefficient (Wildman–Crippen LogP) is 2.05. The molecule has 154 valence electrons. The number of ether oxygens (including phenoxy) is 1. The fourth-order valence-electron chi connectivity index (χ4n) is 4.30. The van der Waals surface area contributed by atoms with Gasteiger partial charge >= 0.3 is 0 Å². The first-order valence-electron chi connectivity index (χ1n) is 10.1. The molecule has 0 bridgehead atoms. The van der Waals surface area contributed by atoms with Crippen LogP contribution < -0.4 is 10.1 Å². The Labute approximate surface area is 170 Å². The lowest BCUT2D eigenvalue weighted by Crippen LogP contribution is -2.50. The summed E-state index contributed by atoms with van der Waals surface area (Å²) >= 11 is 0. The molecule has 1 unspecified atom stereocenters. The Balaban J connectivity index is 1.37. The largest absolute Gasteiger partial charge is 0.485 e. The van der Waals surface area contributed by atoms with Crippen LogP contribution in [-0.2, 0) is 4.79 Å². The molecular weight excluding hydrogens is 370 g/mol.